The van der Waals surface area contributed by atoms with Gasteiger partial charge in [0, 0.05) is 13.6 Å². The predicted octanol–water partition coefficient (Wildman–Crippen LogP) is 1.47. The Balaban J connectivity index is 2.18. The summed E-state index contributed by atoms with van der Waals surface area (Å²) in [6.07, 6.45) is 2.66. The summed E-state index contributed by atoms with van der Waals surface area (Å²) in [5.74, 6) is 0. The average molecular weight is 304 g/mol. The van der Waals surface area contributed by atoms with Crippen molar-refractivity contribution in [2.75, 3.05) is 13.1 Å². The van der Waals surface area contributed by atoms with E-state index >= 15 is 0 Å². The standard InChI is InChI=1S/C14H14ClN5O/c1-19-10-7-17-9-2-3-11(15)18-12(9)13(10)20(14(19)21)8-4-5-16-6-8/h2-3,7-8,16H,4-6H2,1H3/t8-/m0/s1. The number of aryl methyl sites for hydroxylation is 1. The summed E-state index contributed by atoms with van der Waals surface area (Å²) in [6, 6.07) is 3.69. The summed E-state index contributed by atoms with van der Waals surface area (Å²) in [5.41, 5.74) is 3.01. The molecule has 0 radical (unpaired) electrons. The average Bonchev–Trinajstić information content (AvgIpc) is 3.08. The molecule has 21 heavy (non-hydrogen) atoms. The number of hydrogen-bond acceptors (Lipinski definition) is 4. The van der Waals surface area contributed by atoms with Crippen LogP contribution in [0.1, 0.15) is 12.5 Å². The van der Waals surface area contributed by atoms with Gasteiger partial charge in [0.15, 0.2) is 0 Å². The summed E-state index contributed by atoms with van der Waals surface area (Å²) < 4.78 is 3.46. The van der Waals surface area contributed by atoms with Gasteiger partial charge in [0.1, 0.15) is 10.7 Å². The zero-order valence-corrected chi connectivity index (χ0v) is 12.3. The van der Waals surface area contributed by atoms with Gasteiger partial charge in [0.25, 0.3) is 0 Å². The fraction of sp³-hybridized carbons (Fsp3) is 0.357. The molecule has 7 heteroatoms. The number of nitrogens with zero attached hydrogens (tertiary/aromatic N) is 4. The summed E-state index contributed by atoms with van der Waals surface area (Å²) in [4.78, 5) is 21.4. The van der Waals surface area contributed by atoms with Crippen molar-refractivity contribution in [2.24, 2.45) is 7.05 Å². The highest BCUT2D eigenvalue weighted by molar-refractivity contribution is 6.30. The SMILES string of the molecule is Cn1c(=O)n([C@H]2CCNC2)c2c3nc(Cl)ccc3ncc21. The molecule has 108 valence electrons. The second-order valence-corrected chi connectivity index (χ2v) is 5.74. The zero-order chi connectivity index (χ0) is 14.6. The largest absolute Gasteiger partial charge is 0.329 e. The molecule has 1 aliphatic rings. The first kappa shape index (κ1) is 12.8. The number of nitrogens with one attached hydrogen (secondary N) is 1. The van der Waals surface area contributed by atoms with Gasteiger partial charge in [-0.15, -0.1) is 0 Å². The minimum Gasteiger partial charge on any atom is -0.315 e. The molecule has 4 heterocycles. The maximum Gasteiger partial charge on any atom is 0.329 e. The minimum absolute atomic E-state index is 0.0326. The van der Waals surface area contributed by atoms with Gasteiger partial charge in [-0.1, -0.05) is 11.6 Å². The Morgan fingerprint density at radius 1 is 1.43 bits per heavy atom. The molecular weight excluding hydrogens is 290 g/mol. The van der Waals surface area contributed by atoms with E-state index in [0.29, 0.717) is 10.7 Å². The number of fused-ring (bicyclic) bond motifs is 3. The number of pyridine rings is 2. The topological polar surface area (TPSA) is 64.7 Å². The van der Waals surface area contributed by atoms with Crippen molar-refractivity contribution in [3.63, 3.8) is 0 Å². The molecule has 3 aromatic rings. The Hall–Kier alpha value is -1.92. The number of imidazole rings is 1. The van der Waals surface area contributed by atoms with Gasteiger partial charge in [-0.05, 0) is 25.1 Å². The molecule has 6 nitrogen and oxygen atoms in total. The molecule has 3 aromatic heterocycles. The van der Waals surface area contributed by atoms with Crippen LogP contribution in [0.15, 0.2) is 23.1 Å². The molecular formula is C14H14ClN5O. The van der Waals surface area contributed by atoms with Gasteiger partial charge in [-0.3, -0.25) is 14.1 Å². The summed E-state index contributed by atoms with van der Waals surface area (Å²) in [7, 11) is 1.77. The first-order chi connectivity index (χ1) is 10.2. The molecule has 0 amide bonds. The summed E-state index contributed by atoms with van der Waals surface area (Å²) in [6.45, 7) is 1.72. The van der Waals surface area contributed by atoms with Crippen LogP contribution in [0.2, 0.25) is 5.15 Å². The van der Waals surface area contributed by atoms with Gasteiger partial charge in [0.2, 0.25) is 0 Å². The quantitative estimate of drug-likeness (QED) is 0.692. The lowest BCUT2D eigenvalue weighted by Gasteiger charge is -2.11. The lowest BCUT2D eigenvalue weighted by atomic mass is 10.2. The smallest absolute Gasteiger partial charge is 0.315 e. The minimum atomic E-state index is -0.0326. The van der Waals surface area contributed by atoms with Crippen molar-refractivity contribution in [1.29, 1.82) is 0 Å². The van der Waals surface area contributed by atoms with Crippen LogP contribution in [0.25, 0.3) is 22.1 Å². The maximum absolute atomic E-state index is 12.6. The van der Waals surface area contributed by atoms with E-state index in [9.17, 15) is 4.79 Å². The highest BCUT2D eigenvalue weighted by Crippen LogP contribution is 2.26. The fourth-order valence-electron chi connectivity index (χ4n) is 3.06. The highest BCUT2D eigenvalue weighted by Gasteiger charge is 2.24. The third-order valence-corrected chi connectivity index (χ3v) is 4.34. The molecule has 0 aromatic carbocycles. The number of hydrogen-bond donors (Lipinski definition) is 1. The van der Waals surface area contributed by atoms with Crippen molar-refractivity contribution >= 4 is 33.7 Å². The molecule has 1 fully saturated rings. The van der Waals surface area contributed by atoms with E-state index in [2.05, 4.69) is 15.3 Å². The van der Waals surface area contributed by atoms with Gasteiger partial charge in [0.05, 0.1) is 28.8 Å². The zero-order valence-electron chi connectivity index (χ0n) is 11.5. The van der Waals surface area contributed by atoms with E-state index in [-0.39, 0.29) is 11.7 Å². The molecule has 0 unspecified atom stereocenters. The third-order valence-electron chi connectivity index (χ3n) is 4.13. The van der Waals surface area contributed by atoms with Crippen LogP contribution in [0.3, 0.4) is 0 Å². The van der Waals surface area contributed by atoms with Crippen LogP contribution in [0.5, 0.6) is 0 Å². The first-order valence-electron chi connectivity index (χ1n) is 6.89. The molecule has 1 aliphatic heterocycles. The van der Waals surface area contributed by atoms with Crippen LogP contribution in [-0.4, -0.2) is 32.2 Å². The van der Waals surface area contributed by atoms with E-state index < -0.39 is 0 Å². The first-order valence-corrected chi connectivity index (χ1v) is 7.27. The van der Waals surface area contributed by atoms with E-state index in [0.717, 1.165) is 36.1 Å². The van der Waals surface area contributed by atoms with Crippen LogP contribution in [0.4, 0.5) is 0 Å². The Kier molecular flexibility index (Phi) is 2.77. The fourth-order valence-corrected chi connectivity index (χ4v) is 3.21. The second-order valence-electron chi connectivity index (χ2n) is 5.35. The molecule has 1 saturated heterocycles. The van der Waals surface area contributed by atoms with Crippen molar-refractivity contribution in [2.45, 2.75) is 12.5 Å². The Morgan fingerprint density at radius 3 is 3.05 bits per heavy atom. The second kappa shape index (κ2) is 4.54. The molecule has 4 rings (SSSR count). The molecule has 1 N–H and O–H groups in total. The number of rotatable bonds is 1. The van der Waals surface area contributed by atoms with Crippen LogP contribution in [0, 0.1) is 0 Å². The van der Waals surface area contributed by atoms with Crippen LogP contribution >= 0.6 is 11.6 Å². The van der Waals surface area contributed by atoms with Gasteiger partial charge in [-0.2, -0.15) is 0 Å². The predicted molar refractivity (Wildman–Crippen MR) is 81.8 cm³/mol. The molecule has 0 bridgehead atoms. The van der Waals surface area contributed by atoms with Crippen molar-refractivity contribution in [1.82, 2.24) is 24.4 Å². The van der Waals surface area contributed by atoms with Crippen molar-refractivity contribution < 1.29 is 0 Å². The summed E-state index contributed by atoms with van der Waals surface area (Å²) in [5, 5.41) is 3.71. The molecule has 0 saturated carbocycles. The maximum atomic E-state index is 12.6. The van der Waals surface area contributed by atoms with Gasteiger partial charge in [-0.25, -0.2) is 9.78 Å². The molecule has 1 atom stereocenters. The lowest BCUT2D eigenvalue weighted by Crippen LogP contribution is -2.27. The monoisotopic (exact) mass is 303 g/mol. The Morgan fingerprint density at radius 2 is 2.29 bits per heavy atom. The lowest BCUT2D eigenvalue weighted by molar-refractivity contribution is 0.536. The highest BCUT2D eigenvalue weighted by atomic mass is 35.5. The number of halogens is 1. The summed E-state index contributed by atoms with van der Waals surface area (Å²) >= 11 is 6.03. The third kappa shape index (κ3) is 1.79. The van der Waals surface area contributed by atoms with Crippen LogP contribution < -0.4 is 11.0 Å². The number of aromatic nitrogens is 4. The normalized spacial score (nSPS) is 18.9. The van der Waals surface area contributed by atoms with Gasteiger partial charge >= 0.3 is 5.69 Å². The van der Waals surface area contributed by atoms with Crippen molar-refractivity contribution in [3.8, 4) is 0 Å². The van der Waals surface area contributed by atoms with Crippen LogP contribution in [-0.2, 0) is 7.05 Å². The Labute approximate surface area is 125 Å². The van der Waals surface area contributed by atoms with E-state index in [1.165, 1.54) is 0 Å². The molecule has 0 spiro atoms. The van der Waals surface area contributed by atoms with E-state index in [1.54, 1.807) is 23.9 Å². The van der Waals surface area contributed by atoms with Gasteiger partial charge < -0.3 is 5.32 Å². The van der Waals surface area contributed by atoms with Crippen molar-refractivity contribution in [3.05, 3.63) is 34.0 Å². The van der Waals surface area contributed by atoms with E-state index in [4.69, 9.17) is 11.6 Å². The molecule has 0 aliphatic carbocycles. The van der Waals surface area contributed by atoms with E-state index in [1.807, 2.05) is 10.6 Å². The Bertz CT molecular complexity index is 907.